The number of anilines is 1. The number of nitrogens with zero attached hydrogens (tertiary/aromatic N) is 1. The van der Waals surface area contributed by atoms with Crippen LogP contribution < -0.4 is 10.6 Å². The number of hydrogen-bond acceptors (Lipinski definition) is 3. The summed E-state index contributed by atoms with van der Waals surface area (Å²) >= 11 is 11.4. The monoisotopic (exact) mass is 443 g/mol. The Balaban J connectivity index is 1.52. The minimum atomic E-state index is -0.191. The highest BCUT2D eigenvalue weighted by Gasteiger charge is 2.17. The Labute approximate surface area is 187 Å². The van der Waals surface area contributed by atoms with E-state index in [1.54, 1.807) is 12.1 Å². The van der Waals surface area contributed by atoms with Crippen molar-refractivity contribution in [2.24, 2.45) is 0 Å². The van der Waals surface area contributed by atoms with Crippen molar-refractivity contribution in [1.82, 2.24) is 10.2 Å². The van der Waals surface area contributed by atoms with Crippen LogP contribution in [0.2, 0.25) is 5.02 Å². The van der Waals surface area contributed by atoms with Crippen LogP contribution in [0.4, 0.5) is 5.69 Å². The number of benzene rings is 2. The van der Waals surface area contributed by atoms with E-state index in [1.165, 1.54) is 12.8 Å². The van der Waals surface area contributed by atoms with Crippen LogP contribution in [0.3, 0.4) is 0 Å². The van der Waals surface area contributed by atoms with Crippen molar-refractivity contribution >= 4 is 46.4 Å². The molecular weight excluding hydrogens is 418 g/mol. The second-order valence-electron chi connectivity index (χ2n) is 7.38. The van der Waals surface area contributed by atoms with Crippen LogP contribution in [-0.2, 0) is 11.2 Å². The summed E-state index contributed by atoms with van der Waals surface area (Å²) in [7, 11) is 0. The number of carbonyl (C=O) groups is 2. The van der Waals surface area contributed by atoms with Gasteiger partial charge in [-0.25, -0.2) is 0 Å². The molecule has 0 aliphatic carbocycles. The van der Waals surface area contributed by atoms with Gasteiger partial charge in [0, 0.05) is 35.8 Å². The van der Waals surface area contributed by atoms with E-state index in [0.29, 0.717) is 22.7 Å². The summed E-state index contributed by atoms with van der Waals surface area (Å²) in [4.78, 5) is 26.9. The van der Waals surface area contributed by atoms with Gasteiger partial charge in [-0.1, -0.05) is 48.7 Å². The van der Waals surface area contributed by atoms with Crippen molar-refractivity contribution in [3.05, 3.63) is 64.7 Å². The molecule has 0 aromatic heterocycles. The van der Waals surface area contributed by atoms with Crippen LogP contribution in [0.25, 0.3) is 0 Å². The third-order valence-corrected chi connectivity index (χ3v) is 5.67. The van der Waals surface area contributed by atoms with E-state index < -0.39 is 0 Å². The molecule has 158 valence electrons. The molecule has 2 N–H and O–H groups in total. The van der Waals surface area contributed by atoms with Crippen LogP contribution in [0.15, 0.2) is 48.5 Å². The molecule has 2 aromatic rings. The molecule has 0 spiro atoms. The Hall–Kier alpha value is -2.44. The first-order valence-corrected chi connectivity index (χ1v) is 11.0. The highest BCUT2D eigenvalue weighted by atomic mass is 35.5. The first-order chi connectivity index (χ1) is 14.5. The second kappa shape index (κ2) is 11.1. The van der Waals surface area contributed by atoms with E-state index >= 15 is 0 Å². The number of carbonyl (C=O) groups excluding carboxylic acids is 2. The molecule has 2 amide bonds. The molecule has 0 atom stereocenters. The van der Waals surface area contributed by atoms with E-state index in [-0.39, 0.29) is 23.3 Å². The fourth-order valence-electron chi connectivity index (χ4n) is 3.49. The predicted octanol–water partition coefficient (Wildman–Crippen LogP) is 4.80. The van der Waals surface area contributed by atoms with Crippen molar-refractivity contribution in [1.29, 1.82) is 0 Å². The van der Waals surface area contributed by atoms with E-state index in [2.05, 4.69) is 10.6 Å². The topological polar surface area (TPSA) is 61.4 Å². The highest BCUT2D eigenvalue weighted by Crippen LogP contribution is 2.17. The van der Waals surface area contributed by atoms with Crippen LogP contribution in [0.5, 0.6) is 0 Å². The van der Waals surface area contributed by atoms with Gasteiger partial charge in [0.1, 0.15) is 0 Å². The zero-order valence-corrected chi connectivity index (χ0v) is 18.4. The molecular formula is C23H26ClN3O2S. The number of likely N-dealkylation sites (tertiary alicyclic amines) is 1. The van der Waals surface area contributed by atoms with Gasteiger partial charge in [0.25, 0.3) is 5.91 Å². The standard InChI is InChI=1S/C23H26ClN3O2S/c24-20-11-4-3-8-17(20)12-13-21(28)26-23(30)25-19-10-7-9-18(16-19)22(29)27-14-5-1-2-6-15-27/h3-4,7-11,16H,1-2,5-6,12-15H2,(H2,25,26,28,30). The summed E-state index contributed by atoms with van der Waals surface area (Å²) < 4.78 is 0. The number of hydrogen-bond donors (Lipinski definition) is 2. The number of aryl methyl sites for hydroxylation is 1. The normalized spacial score (nSPS) is 14.0. The lowest BCUT2D eigenvalue weighted by atomic mass is 10.1. The minimum absolute atomic E-state index is 0.0373. The molecule has 1 heterocycles. The summed E-state index contributed by atoms with van der Waals surface area (Å²) in [5, 5.41) is 6.53. The van der Waals surface area contributed by atoms with Gasteiger partial charge in [0.05, 0.1) is 0 Å². The number of rotatable bonds is 5. The molecule has 1 aliphatic heterocycles. The quantitative estimate of drug-likeness (QED) is 0.651. The average molecular weight is 444 g/mol. The summed E-state index contributed by atoms with van der Waals surface area (Å²) in [5.41, 5.74) is 2.22. The number of thiocarbonyl (C=S) groups is 1. The second-order valence-corrected chi connectivity index (χ2v) is 8.20. The molecule has 0 unspecified atom stereocenters. The molecule has 0 radical (unpaired) electrons. The van der Waals surface area contributed by atoms with Crippen molar-refractivity contribution in [3.63, 3.8) is 0 Å². The summed E-state index contributed by atoms with van der Waals surface area (Å²) in [6.07, 6.45) is 5.26. The lowest BCUT2D eigenvalue weighted by Crippen LogP contribution is -2.34. The van der Waals surface area contributed by atoms with Crippen molar-refractivity contribution in [2.75, 3.05) is 18.4 Å². The third kappa shape index (κ3) is 6.54. The molecule has 2 aromatic carbocycles. The van der Waals surface area contributed by atoms with E-state index in [4.69, 9.17) is 23.8 Å². The van der Waals surface area contributed by atoms with E-state index in [1.807, 2.05) is 41.3 Å². The Kier molecular flexibility index (Phi) is 8.22. The van der Waals surface area contributed by atoms with Gasteiger partial charge in [-0.05, 0) is 61.3 Å². The molecule has 7 heteroatoms. The van der Waals surface area contributed by atoms with Gasteiger partial charge in [-0.15, -0.1) is 0 Å². The Morgan fingerprint density at radius 3 is 2.47 bits per heavy atom. The maximum Gasteiger partial charge on any atom is 0.253 e. The Morgan fingerprint density at radius 1 is 1.00 bits per heavy atom. The lowest BCUT2D eigenvalue weighted by Gasteiger charge is -2.20. The molecule has 1 saturated heterocycles. The van der Waals surface area contributed by atoms with Crippen LogP contribution in [0, 0.1) is 0 Å². The Bertz CT molecular complexity index is 911. The lowest BCUT2D eigenvalue weighted by molar-refractivity contribution is -0.119. The van der Waals surface area contributed by atoms with Crippen LogP contribution >= 0.6 is 23.8 Å². The summed E-state index contributed by atoms with van der Waals surface area (Å²) in [5.74, 6) is -0.153. The first-order valence-electron chi connectivity index (χ1n) is 10.3. The van der Waals surface area contributed by atoms with Gasteiger partial charge < -0.3 is 15.5 Å². The van der Waals surface area contributed by atoms with Crippen molar-refractivity contribution in [3.8, 4) is 0 Å². The zero-order chi connectivity index (χ0) is 21.3. The molecule has 1 fully saturated rings. The molecule has 3 rings (SSSR count). The first kappa shape index (κ1) is 22.2. The molecule has 0 saturated carbocycles. The maximum atomic E-state index is 12.8. The van der Waals surface area contributed by atoms with Gasteiger partial charge >= 0.3 is 0 Å². The van der Waals surface area contributed by atoms with Crippen LogP contribution in [0.1, 0.15) is 48.0 Å². The summed E-state index contributed by atoms with van der Waals surface area (Å²) in [6, 6.07) is 14.7. The fourth-order valence-corrected chi connectivity index (χ4v) is 3.95. The molecule has 5 nitrogen and oxygen atoms in total. The van der Waals surface area contributed by atoms with Crippen LogP contribution in [-0.4, -0.2) is 34.9 Å². The average Bonchev–Trinajstić information content (AvgIpc) is 3.02. The van der Waals surface area contributed by atoms with Gasteiger partial charge in [-0.3, -0.25) is 9.59 Å². The Morgan fingerprint density at radius 2 is 1.73 bits per heavy atom. The van der Waals surface area contributed by atoms with Gasteiger partial charge in [0.15, 0.2) is 5.11 Å². The van der Waals surface area contributed by atoms with Crippen molar-refractivity contribution in [2.45, 2.75) is 38.5 Å². The largest absolute Gasteiger partial charge is 0.339 e. The zero-order valence-electron chi connectivity index (χ0n) is 16.8. The summed E-state index contributed by atoms with van der Waals surface area (Å²) in [6.45, 7) is 1.60. The molecule has 0 bridgehead atoms. The molecule has 30 heavy (non-hydrogen) atoms. The smallest absolute Gasteiger partial charge is 0.253 e. The highest BCUT2D eigenvalue weighted by molar-refractivity contribution is 7.80. The third-order valence-electron chi connectivity index (χ3n) is 5.09. The number of amides is 2. The fraction of sp³-hybridized carbons (Fsp3) is 0.348. The van der Waals surface area contributed by atoms with Gasteiger partial charge in [-0.2, -0.15) is 0 Å². The molecule has 1 aliphatic rings. The predicted molar refractivity (Wildman–Crippen MR) is 125 cm³/mol. The van der Waals surface area contributed by atoms with Gasteiger partial charge in [0.2, 0.25) is 5.91 Å². The van der Waals surface area contributed by atoms with E-state index in [9.17, 15) is 9.59 Å². The van der Waals surface area contributed by atoms with Crippen molar-refractivity contribution < 1.29 is 9.59 Å². The minimum Gasteiger partial charge on any atom is -0.339 e. The maximum absolute atomic E-state index is 12.8. The number of halogens is 1. The number of nitrogens with one attached hydrogen (secondary N) is 2. The SMILES string of the molecule is O=C(CCc1ccccc1Cl)NC(=S)Nc1cccc(C(=O)N2CCCCCC2)c1. The van der Waals surface area contributed by atoms with E-state index in [0.717, 1.165) is 31.5 Å².